The van der Waals surface area contributed by atoms with E-state index in [0.717, 1.165) is 57.7 Å². The lowest BCUT2D eigenvalue weighted by molar-refractivity contribution is -0.123. The first-order valence-electron chi connectivity index (χ1n) is 16.9. The number of nitrogens with one attached hydrogen (secondary N) is 3. The maximum absolute atomic E-state index is 13.2. The van der Waals surface area contributed by atoms with E-state index in [9.17, 15) is 19.2 Å². The van der Waals surface area contributed by atoms with E-state index in [1.807, 2.05) is 42.5 Å². The largest absolute Gasteiger partial charge is 0.444 e. The van der Waals surface area contributed by atoms with Gasteiger partial charge in [0, 0.05) is 68.1 Å². The third-order valence-corrected chi connectivity index (χ3v) is 8.62. The van der Waals surface area contributed by atoms with E-state index < -0.39 is 17.7 Å². The highest BCUT2D eigenvalue weighted by Crippen LogP contribution is 2.31. The molecular formula is C38H47N5O5. The van der Waals surface area contributed by atoms with Crippen molar-refractivity contribution in [1.82, 2.24) is 20.4 Å². The lowest BCUT2D eigenvalue weighted by atomic mass is 9.83. The summed E-state index contributed by atoms with van der Waals surface area (Å²) in [5, 5.41) is 9.16. The smallest absolute Gasteiger partial charge is 0.408 e. The fourth-order valence-electron chi connectivity index (χ4n) is 6.20. The molecule has 1 heterocycles. The van der Waals surface area contributed by atoms with Crippen LogP contribution >= 0.6 is 0 Å². The van der Waals surface area contributed by atoms with Crippen molar-refractivity contribution >= 4 is 29.3 Å². The molecule has 10 nitrogen and oxygen atoms in total. The Hall–Kier alpha value is -4.54. The number of carbonyl (C=O) groups is 4. The molecule has 0 saturated carbocycles. The van der Waals surface area contributed by atoms with Crippen LogP contribution in [0.2, 0.25) is 0 Å². The van der Waals surface area contributed by atoms with E-state index in [0.29, 0.717) is 47.5 Å². The number of rotatable bonds is 13. The first-order valence-corrected chi connectivity index (χ1v) is 16.9. The Kier molecular flexibility index (Phi) is 11.6. The van der Waals surface area contributed by atoms with E-state index >= 15 is 0 Å². The van der Waals surface area contributed by atoms with Crippen LogP contribution in [0.25, 0.3) is 0 Å². The molecule has 1 aliphatic heterocycles. The molecule has 48 heavy (non-hydrogen) atoms. The standard InChI is InChI=1S/C38H47N5O5/c1-38(2,3)48-37(47)41-32(26-27-12-5-4-6-13-27)36(46)40-19-11-21-43-24-22-42(23-25-43)20-10-18-39-31-17-9-16-30-33(31)35(45)29-15-8-7-14-28(29)34(30)44/h4-9,12-17,32,39H,10-11,18-26H2,1-3H3,(H,40,46)(H,41,47)/t32-/m0/s1. The first kappa shape index (κ1) is 34.8. The number of amides is 2. The van der Waals surface area contributed by atoms with Gasteiger partial charge in [0.1, 0.15) is 11.6 Å². The van der Waals surface area contributed by atoms with Gasteiger partial charge < -0.3 is 30.5 Å². The average Bonchev–Trinajstić information content (AvgIpc) is 3.07. The monoisotopic (exact) mass is 653 g/mol. The Balaban J connectivity index is 1.00. The first-order chi connectivity index (χ1) is 23.1. The predicted molar refractivity (Wildman–Crippen MR) is 187 cm³/mol. The molecule has 1 aliphatic carbocycles. The van der Waals surface area contributed by atoms with Gasteiger partial charge in [0.15, 0.2) is 11.6 Å². The van der Waals surface area contributed by atoms with Gasteiger partial charge in [-0.3, -0.25) is 14.4 Å². The fraction of sp³-hybridized carbons (Fsp3) is 0.421. The van der Waals surface area contributed by atoms with Gasteiger partial charge in [0.2, 0.25) is 5.91 Å². The molecule has 0 radical (unpaired) electrons. The van der Waals surface area contributed by atoms with Crippen molar-refractivity contribution in [2.75, 3.05) is 57.7 Å². The van der Waals surface area contributed by atoms with Gasteiger partial charge in [-0.25, -0.2) is 4.79 Å². The molecule has 0 aromatic heterocycles. The molecule has 1 atom stereocenters. The summed E-state index contributed by atoms with van der Waals surface area (Å²) in [7, 11) is 0. The van der Waals surface area contributed by atoms with Gasteiger partial charge in [0.25, 0.3) is 0 Å². The minimum absolute atomic E-state index is 0.105. The Morgan fingerprint density at radius 3 is 1.98 bits per heavy atom. The highest BCUT2D eigenvalue weighted by Gasteiger charge is 2.31. The molecule has 1 fully saturated rings. The third kappa shape index (κ3) is 9.29. The van der Waals surface area contributed by atoms with Crippen molar-refractivity contribution in [2.24, 2.45) is 0 Å². The SMILES string of the molecule is CC(C)(C)OC(=O)N[C@@H](Cc1ccccc1)C(=O)NCCCN1CCN(CCCNc2cccc3c2C(=O)c2ccccc2C3=O)CC1. The quantitative estimate of drug-likeness (QED) is 0.180. The van der Waals surface area contributed by atoms with Gasteiger partial charge in [0.05, 0.1) is 5.56 Å². The molecule has 3 aromatic rings. The normalized spacial score (nSPS) is 15.6. The van der Waals surface area contributed by atoms with Crippen LogP contribution in [-0.4, -0.2) is 97.4 Å². The van der Waals surface area contributed by atoms with E-state index in [1.54, 1.807) is 51.1 Å². The number of nitrogens with zero attached hydrogens (tertiary/aromatic N) is 2. The highest BCUT2D eigenvalue weighted by atomic mass is 16.6. The minimum Gasteiger partial charge on any atom is -0.444 e. The number of fused-ring (bicyclic) bond motifs is 2. The zero-order chi connectivity index (χ0) is 34.1. The summed E-state index contributed by atoms with van der Waals surface area (Å²) < 4.78 is 5.39. The summed E-state index contributed by atoms with van der Waals surface area (Å²) in [6, 6.07) is 21.3. The second kappa shape index (κ2) is 16.0. The summed E-state index contributed by atoms with van der Waals surface area (Å²) >= 11 is 0. The molecule has 2 amide bonds. The molecule has 254 valence electrons. The van der Waals surface area contributed by atoms with Crippen LogP contribution in [0.1, 0.15) is 71.0 Å². The Morgan fingerprint density at radius 1 is 0.750 bits per heavy atom. The zero-order valence-corrected chi connectivity index (χ0v) is 28.2. The Morgan fingerprint density at radius 2 is 1.33 bits per heavy atom. The Labute approximate surface area is 283 Å². The van der Waals surface area contributed by atoms with E-state index in [2.05, 4.69) is 25.8 Å². The molecule has 3 N–H and O–H groups in total. The predicted octanol–water partition coefficient (Wildman–Crippen LogP) is 4.52. The van der Waals surface area contributed by atoms with Crippen LogP contribution in [0.3, 0.4) is 0 Å². The summed E-state index contributed by atoms with van der Waals surface area (Å²) in [5.41, 5.74) is 2.88. The van der Waals surface area contributed by atoms with Crippen molar-refractivity contribution in [3.63, 3.8) is 0 Å². The highest BCUT2D eigenvalue weighted by molar-refractivity contribution is 6.30. The molecule has 0 spiro atoms. The number of hydrogen-bond acceptors (Lipinski definition) is 8. The number of ether oxygens (including phenoxy) is 1. The van der Waals surface area contributed by atoms with Crippen molar-refractivity contribution in [3.05, 3.63) is 101 Å². The minimum atomic E-state index is -0.729. The van der Waals surface area contributed by atoms with Crippen molar-refractivity contribution in [2.45, 2.75) is 51.7 Å². The lowest BCUT2D eigenvalue weighted by Crippen LogP contribution is -2.50. The van der Waals surface area contributed by atoms with E-state index in [1.165, 1.54) is 0 Å². The molecule has 0 unspecified atom stereocenters. The molecular weight excluding hydrogens is 606 g/mol. The molecule has 5 rings (SSSR count). The summed E-state index contributed by atoms with van der Waals surface area (Å²) in [5.74, 6) is -0.435. The molecule has 0 bridgehead atoms. The maximum atomic E-state index is 13.2. The van der Waals surface area contributed by atoms with Crippen LogP contribution in [-0.2, 0) is 16.0 Å². The number of alkyl carbamates (subject to hydrolysis) is 1. The van der Waals surface area contributed by atoms with Crippen molar-refractivity contribution in [1.29, 1.82) is 0 Å². The van der Waals surface area contributed by atoms with Gasteiger partial charge in [-0.2, -0.15) is 0 Å². The van der Waals surface area contributed by atoms with Crippen LogP contribution in [0.15, 0.2) is 72.8 Å². The summed E-state index contributed by atoms with van der Waals surface area (Å²) in [6.07, 6.45) is 1.50. The average molecular weight is 654 g/mol. The van der Waals surface area contributed by atoms with Crippen LogP contribution < -0.4 is 16.0 Å². The number of carbonyl (C=O) groups excluding carboxylic acids is 4. The van der Waals surface area contributed by atoms with E-state index in [4.69, 9.17) is 4.74 Å². The molecule has 2 aliphatic rings. The molecule has 3 aromatic carbocycles. The maximum Gasteiger partial charge on any atom is 0.408 e. The van der Waals surface area contributed by atoms with Crippen molar-refractivity contribution < 1.29 is 23.9 Å². The summed E-state index contributed by atoms with van der Waals surface area (Å²) in [6.45, 7) is 12.3. The number of piperazine rings is 1. The van der Waals surface area contributed by atoms with E-state index in [-0.39, 0.29) is 17.5 Å². The zero-order valence-electron chi connectivity index (χ0n) is 28.2. The topological polar surface area (TPSA) is 120 Å². The number of benzene rings is 3. The fourth-order valence-corrected chi connectivity index (χ4v) is 6.20. The van der Waals surface area contributed by atoms with Gasteiger partial charge in [-0.15, -0.1) is 0 Å². The number of hydrogen-bond donors (Lipinski definition) is 3. The number of anilines is 1. The second-order valence-corrected chi connectivity index (χ2v) is 13.4. The van der Waals surface area contributed by atoms with Crippen LogP contribution in [0.5, 0.6) is 0 Å². The lowest BCUT2D eigenvalue weighted by Gasteiger charge is -2.34. The number of ketones is 2. The third-order valence-electron chi connectivity index (χ3n) is 8.62. The Bertz CT molecular complexity index is 1590. The van der Waals surface area contributed by atoms with Gasteiger partial charge in [-0.05, 0) is 58.3 Å². The van der Waals surface area contributed by atoms with Crippen LogP contribution in [0, 0.1) is 0 Å². The van der Waals surface area contributed by atoms with Crippen molar-refractivity contribution in [3.8, 4) is 0 Å². The second-order valence-electron chi connectivity index (χ2n) is 13.4. The van der Waals surface area contributed by atoms with Crippen LogP contribution in [0.4, 0.5) is 10.5 Å². The summed E-state index contributed by atoms with van der Waals surface area (Å²) in [4.78, 5) is 56.6. The van der Waals surface area contributed by atoms with Gasteiger partial charge in [-0.1, -0.05) is 66.7 Å². The van der Waals surface area contributed by atoms with Gasteiger partial charge >= 0.3 is 6.09 Å². The molecule has 10 heteroatoms. The molecule has 1 saturated heterocycles.